The van der Waals surface area contributed by atoms with Crippen molar-refractivity contribution in [2.24, 2.45) is 0 Å². The molecule has 20 heavy (non-hydrogen) atoms. The van der Waals surface area contributed by atoms with Crippen LogP contribution in [0.3, 0.4) is 0 Å². The highest BCUT2D eigenvalue weighted by Crippen LogP contribution is 2.16. The number of para-hydroxylation sites is 1. The third-order valence-corrected chi connectivity index (χ3v) is 2.62. The smallest absolute Gasteiger partial charge is 0.326 e. The van der Waals surface area contributed by atoms with Crippen LogP contribution >= 0.6 is 0 Å². The van der Waals surface area contributed by atoms with Crippen molar-refractivity contribution in [1.29, 1.82) is 0 Å². The highest BCUT2D eigenvalue weighted by Gasteiger charge is 2.21. The van der Waals surface area contributed by atoms with Crippen LogP contribution in [0.5, 0.6) is 5.75 Å². The molecule has 1 aromatic carbocycles. The van der Waals surface area contributed by atoms with Gasteiger partial charge in [0.15, 0.2) is 0 Å². The molecule has 1 rings (SSSR count). The predicted octanol–water partition coefficient (Wildman–Crippen LogP) is 0.369. The molecule has 0 heterocycles. The summed E-state index contributed by atoms with van der Waals surface area (Å²) in [7, 11) is 0. The van der Waals surface area contributed by atoms with E-state index in [0.717, 1.165) is 0 Å². The number of hydrogen-bond acceptors (Lipinski definition) is 4. The van der Waals surface area contributed by atoms with Gasteiger partial charge in [0.1, 0.15) is 11.8 Å². The van der Waals surface area contributed by atoms with Crippen molar-refractivity contribution in [1.82, 2.24) is 5.32 Å². The lowest BCUT2D eigenvalue weighted by Crippen LogP contribution is -2.41. The lowest BCUT2D eigenvalue weighted by Gasteiger charge is -2.13. The Labute approximate surface area is 114 Å². The molecule has 0 aromatic heterocycles. The summed E-state index contributed by atoms with van der Waals surface area (Å²) in [6.07, 6.45) is -0.728. The first-order valence-corrected chi connectivity index (χ1v) is 5.91. The first kappa shape index (κ1) is 15.5. The summed E-state index contributed by atoms with van der Waals surface area (Å²) < 4.78 is 0. The summed E-state index contributed by atoms with van der Waals surface area (Å²) in [4.78, 5) is 33.0. The van der Waals surface area contributed by atoms with Gasteiger partial charge in [-0.25, -0.2) is 4.79 Å². The van der Waals surface area contributed by atoms with Crippen molar-refractivity contribution in [2.45, 2.75) is 25.3 Å². The van der Waals surface area contributed by atoms with E-state index in [2.05, 4.69) is 5.32 Å². The lowest BCUT2D eigenvalue weighted by molar-refractivity contribution is -0.143. The van der Waals surface area contributed by atoms with Crippen molar-refractivity contribution in [2.75, 3.05) is 0 Å². The molecule has 108 valence electrons. The summed E-state index contributed by atoms with van der Waals surface area (Å²) in [5.41, 5.74) is 0.368. The van der Waals surface area contributed by atoms with Gasteiger partial charge in [0.25, 0.3) is 0 Å². The van der Waals surface area contributed by atoms with Crippen LogP contribution in [-0.2, 0) is 20.8 Å². The van der Waals surface area contributed by atoms with E-state index in [9.17, 15) is 19.5 Å². The minimum absolute atomic E-state index is 0.0555. The number of carbonyl (C=O) groups excluding carboxylic acids is 1. The second-order valence-corrected chi connectivity index (χ2v) is 4.20. The second-order valence-electron chi connectivity index (χ2n) is 4.20. The minimum atomic E-state index is -1.29. The first-order valence-electron chi connectivity index (χ1n) is 5.91. The Bertz CT molecular complexity index is 513. The summed E-state index contributed by atoms with van der Waals surface area (Å²) in [6.45, 7) is 0. The van der Waals surface area contributed by atoms with Gasteiger partial charge in [-0.15, -0.1) is 0 Å². The van der Waals surface area contributed by atoms with Gasteiger partial charge in [-0.3, -0.25) is 9.59 Å². The van der Waals surface area contributed by atoms with E-state index in [0.29, 0.717) is 5.56 Å². The number of amides is 1. The molecule has 0 saturated carbocycles. The number of aromatic hydroxyl groups is 1. The third-order valence-electron chi connectivity index (χ3n) is 2.62. The zero-order chi connectivity index (χ0) is 15.1. The maximum absolute atomic E-state index is 11.7. The Morgan fingerprint density at radius 1 is 1.15 bits per heavy atom. The largest absolute Gasteiger partial charge is 0.508 e. The van der Waals surface area contributed by atoms with Crippen LogP contribution in [-0.4, -0.2) is 39.2 Å². The Hall–Kier alpha value is -2.57. The van der Waals surface area contributed by atoms with Crippen molar-refractivity contribution in [3.63, 3.8) is 0 Å². The standard InChI is InChI=1S/C13H15NO6/c15-10-4-2-1-3-8(10)7-11(16)14-9(13(19)20)5-6-12(17)18/h1-4,9,15H,5-7H2,(H,14,16)(H,17,18)(H,19,20)/t9-/m0/s1. The van der Waals surface area contributed by atoms with Gasteiger partial charge in [0.05, 0.1) is 6.42 Å². The normalized spacial score (nSPS) is 11.6. The Balaban J connectivity index is 2.60. The Morgan fingerprint density at radius 2 is 1.80 bits per heavy atom. The van der Waals surface area contributed by atoms with Crippen LogP contribution in [0.15, 0.2) is 24.3 Å². The molecule has 0 aliphatic heterocycles. The molecule has 7 heteroatoms. The van der Waals surface area contributed by atoms with Crippen LogP contribution in [0.2, 0.25) is 0 Å². The molecule has 0 radical (unpaired) electrons. The predicted molar refractivity (Wildman–Crippen MR) is 68.2 cm³/mol. The molecule has 0 aliphatic carbocycles. The molecule has 0 spiro atoms. The van der Waals surface area contributed by atoms with Gasteiger partial charge in [-0.1, -0.05) is 18.2 Å². The van der Waals surface area contributed by atoms with E-state index in [4.69, 9.17) is 10.2 Å². The number of aliphatic carboxylic acids is 2. The maximum Gasteiger partial charge on any atom is 0.326 e. The lowest BCUT2D eigenvalue weighted by atomic mass is 10.1. The topological polar surface area (TPSA) is 124 Å². The van der Waals surface area contributed by atoms with Crippen LogP contribution in [0.4, 0.5) is 0 Å². The molecule has 0 unspecified atom stereocenters. The van der Waals surface area contributed by atoms with Gasteiger partial charge in [-0.05, 0) is 12.5 Å². The number of hydrogen-bond donors (Lipinski definition) is 4. The molecule has 0 saturated heterocycles. The Morgan fingerprint density at radius 3 is 2.35 bits per heavy atom. The number of benzene rings is 1. The number of carboxylic acid groups (broad SMARTS) is 2. The van der Waals surface area contributed by atoms with Crippen LogP contribution in [0.25, 0.3) is 0 Å². The molecule has 1 atom stereocenters. The number of carbonyl (C=O) groups is 3. The number of nitrogens with one attached hydrogen (secondary N) is 1. The fourth-order valence-electron chi connectivity index (χ4n) is 1.60. The first-order chi connectivity index (χ1) is 9.40. The summed E-state index contributed by atoms with van der Waals surface area (Å²) >= 11 is 0. The molecule has 0 fully saturated rings. The minimum Gasteiger partial charge on any atom is -0.508 e. The van der Waals surface area contributed by atoms with Gasteiger partial charge in [-0.2, -0.15) is 0 Å². The van der Waals surface area contributed by atoms with Crippen molar-refractivity contribution >= 4 is 17.8 Å². The van der Waals surface area contributed by atoms with E-state index < -0.39 is 23.9 Å². The van der Waals surface area contributed by atoms with Crippen molar-refractivity contribution < 1.29 is 29.7 Å². The highest BCUT2D eigenvalue weighted by molar-refractivity contribution is 5.85. The fourth-order valence-corrected chi connectivity index (χ4v) is 1.60. The van der Waals surface area contributed by atoms with Crippen LogP contribution in [0, 0.1) is 0 Å². The van der Waals surface area contributed by atoms with Crippen LogP contribution in [0.1, 0.15) is 18.4 Å². The number of phenolic OH excluding ortho intramolecular Hbond substituents is 1. The van der Waals surface area contributed by atoms with Gasteiger partial charge >= 0.3 is 11.9 Å². The number of phenols is 1. The zero-order valence-corrected chi connectivity index (χ0v) is 10.6. The Kier molecular flexibility index (Phi) is 5.52. The molecule has 1 amide bonds. The average Bonchev–Trinajstić information content (AvgIpc) is 2.36. The second kappa shape index (κ2) is 7.13. The van der Waals surface area contributed by atoms with Crippen molar-refractivity contribution in [3.8, 4) is 5.75 Å². The van der Waals surface area contributed by atoms with Gasteiger partial charge < -0.3 is 20.6 Å². The maximum atomic E-state index is 11.7. The number of rotatable bonds is 7. The molecule has 1 aromatic rings. The van der Waals surface area contributed by atoms with E-state index in [1.807, 2.05) is 0 Å². The van der Waals surface area contributed by atoms with Crippen molar-refractivity contribution in [3.05, 3.63) is 29.8 Å². The fraction of sp³-hybridized carbons (Fsp3) is 0.308. The molecule has 7 nitrogen and oxygen atoms in total. The third kappa shape index (κ3) is 4.97. The summed E-state index contributed by atoms with van der Waals surface area (Å²) in [6, 6.07) is 4.94. The molecular weight excluding hydrogens is 266 g/mol. The van der Waals surface area contributed by atoms with Gasteiger partial charge in [0, 0.05) is 12.0 Å². The molecule has 0 bridgehead atoms. The van der Waals surface area contributed by atoms with Gasteiger partial charge in [0.2, 0.25) is 5.91 Å². The zero-order valence-electron chi connectivity index (χ0n) is 10.6. The molecular formula is C13H15NO6. The van der Waals surface area contributed by atoms with E-state index in [-0.39, 0.29) is 25.0 Å². The van der Waals surface area contributed by atoms with Crippen LogP contribution < -0.4 is 5.32 Å². The summed E-state index contributed by atoms with van der Waals surface area (Å²) in [5.74, 6) is -3.08. The quantitative estimate of drug-likeness (QED) is 0.572. The summed E-state index contributed by atoms with van der Waals surface area (Å²) in [5, 5.41) is 29.1. The van der Waals surface area contributed by atoms with E-state index >= 15 is 0 Å². The highest BCUT2D eigenvalue weighted by atomic mass is 16.4. The molecule has 4 N–H and O–H groups in total. The number of carboxylic acids is 2. The SMILES string of the molecule is O=C(O)CC[C@H](NC(=O)Cc1ccccc1O)C(=O)O. The molecule has 0 aliphatic rings. The van der Waals surface area contributed by atoms with E-state index in [1.165, 1.54) is 6.07 Å². The van der Waals surface area contributed by atoms with E-state index in [1.54, 1.807) is 18.2 Å². The average molecular weight is 281 g/mol. The monoisotopic (exact) mass is 281 g/mol.